The van der Waals surface area contributed by atoms with E-state index in [0.717, 1.165) is 38.7 Å². The number of aliphatic carboxylic acids is 1. The van der Waals surface area contributed by atoms with Gasteiger partial charge >= 0.3 is 5.97 Å². The predicted molar refractivity (Wildman–Crippen MR) is 127 cm³/mol. The third-order valence-corrected chi connectivity index (χ3v) is 5.71. The number of ketones is 1. The average Bonchev–Trinajstić information content (AvgIpc) is 3.11. The second kappa shape index (κ2) is 9.38. The fourth-order valence-electron chi connectivity index (χ4n) is 4.30. The Morgan fingerprint density at radius 1 is 1.09 bits per heavy atom. The molecule has 168 valence electrons. The highest BCUT2D eigenvalue weighted by atomic mass is 19.1. The van der Waals surface area contributed by atoms with E-state index in [1.807, 2.05) is 43.5 Å². The first kappa shape index (κ1) is 22.4. The van der Waals surface area contributed by atoms with Crippen LogP contribution < -0.4 is 0 Å². The number of aryl methyl sites for hydroxylation is 1. The molecular weight excluding hydrogens is 421 g/mol. The van der Waals surface area contributed by atoms with E-state index in [9.17, 15) is 19.1 Å². The van der Waals surface area contributed by atoms with Gasteiger partial charge in [-0.2, -0.15) is 0 Å². The molecular formula is C27H24FNO4. The molecule has 0 saturated carbocycles. The molecule has 2 heterocycles. The number of halogens is 1. The van der Waals surface area contributed by atoms with Gasteiger partial charge in [0.25, 0.3) is 0 Å². The molecule has 2 N–H and O–H groups in total. The first-order valence-corrected chi connectivity index (χ1v) is 10.8. The molecule has 2 aromatic carbocycles. The summed E-state index contributed by atoms with van der Waals surface area (Å²) in [6, 6.07) is 16.4. The number of hydrogen-bond acceptors (Lipinski definition) is 3. The van der Waals surface area contributed by atoms with E-state index in [4.69, 9.17) is 5.11 Å². The molecule has 2 aromatic heterocycles. The fraction of sp³-hybridized carbons (Fsp3) is 0.185. The average molecular weight is 445 g/mol. The number of aliphatic hydroxyl groups excluding tert-OH is 1. The predicted octanol–water partition coefficient (Wildman–Crippen LogP) is 5.27. The Balaban J connectivity index is 1.90. The van der Waals surface area contributed by atoms with Crippen LogP contribution in [-0.4, -0.2) is 32.5 Å². The molecule has 0 aliphatic carbocycles. The van der Waals surface area contributed by atoms with Crippen LogP contribution in [0, 0.1) is 5.82 Å². The number of carboxylic acid groups (broad SMARTS) is 1. The van der Waals surface area contributed by atoms with Crippen LogP contribution in [-0.2, 0) is 16.0 Å². The Morgan fingerprint density at radius 2 is 1.82 bits per heavy atom. The Labute approximate surface area is 190 Å². The van der Waals surface area contributed by atoms with Gasteiger partial charge in [0.15, 0.2) is 0 Å². The maximum absolute atomic E-state index is 13.7. The van der Waals surface area contributed by atoms with Gasteiger partial charge in [0.1, 0.15) is 18.0 Å². The zero-order valence-corrected chi connectivity index (χ0v) is 18.2. The first-order chi connectivity index (χ1) is 15.9. The lowest BCUT2D eigenvalue weighted by atomic mass is 9.97. The van der Waals surface area contributed by atoms with E-state index in [1.165, 1.54) is 18.2 Å². The van der Waals surface area contributed by atoms with Crippen molar-refractivity contribution in [3.8, 4) is 11.1 Å². The number of hydrogen-bond donors (Lipinski definition) is 2. The van der Waals surface area contributed by atoms with Crippen molar-refractivity contribution in [3.05, 3.63) is 83.9 Å². The molecule has 0 fully saturated rings. The van der Waals surface area contributed by atoms with Gasteiger partial charge in [-0.05, 0) is 35.6 Å². The molecule has 1 unspecified atom stereocenters. The molecule has 6 heteroatoms. The summed E-state index contributed by atoms with van der Waals surface area (Å²) in [5.41, 5.74) is 4.60. The molecule has 0 radical (unpaired) electrons. The van der Waals surface area contributed by atoms with E-state index >= 15 is 0 Å². The largest absolute Gasteiger partial charge is 0.481 e. The molecule has 4 rings (SSSR count). The molecule has 0 aliphatic rings. The maximum Gasteiger partial charge on any atom is 0.310 e. The number of aliphatic hydroxyl groups is 1. The summed E-state index contributed by atoms with van der Waals surface area (Å²) in [5, 5.41) is 21.2. The van der Waals surface area contributed by atoms with Crippen LogP contribution in [0.3, 0.4) is 0 Å². The van der Waals surface area contributed by atoms with Crippen LogP contribution in [0.25, 0.3) is 33.5 Å². The molecule has 0 saturated heterocycles. The second-order valence-corrected chi connectivity index (χ2v) is 7.96. The van der Waals surface area contributed by atoms with Crippen LogP contribution in [0.15, 0.2) is 66.9 Å². The zero-order valence-electron chi connectivity index (χ0n) is 18.2. The van der Waals surface area contributed by atoms with Gasteiger partial charge in [-0.15, -0.1) is 0 Å². The molecule has 4 aromatic rings. The highest BCUT2D eigenvalue weighted by molar-refractivity contribution is 6.06. The van der Waals surface area contributed by atoms with Gasteiger partial charge in [0, 0.05) is 34.8 Å². The van der Waals surface area contributed by atoms with Crippen molar-refractivity contribution < 1.29 is 24.2 Å². The Morgan fingerprint density at radius 3 is 2.52 bits per heavy atom. The molecule has 0 bridgehead atoms. The minimum atomic E-state index is -1.21. The van der Waals surface area contributed by atoms with Crippen molar-refractivity contribution in [1.29, 1.82) is 0 Å². The molecule has 0 spiro atoms. The smallest absolute Gasteiger partial charge is 0.310 e. The van der Waals surface area contributed by atoms with Gasteiger partial charge < -0.3 is 14.6 Å². The third kappa shape index (κ3) is 4.56. The van der Waals surface area contributed by atoms with Gasteiger partial charge in [0.2, 0.25) is 0 Å². The summed E-state index contributed by atoms with van der Waals surface area (Å²) in [5.74, 6) is -2.08. The molecule has 0 aliphatic heterocycles. The third-order valence-electron chi connectivity index (χ3n) is 5.71. The van der Waals surface area contributed by atoms with E-state index in [2.05, 4.69) is 4.40 Å². The van der Waals surface area contributed by atoms with Crippen molar-refractivity contribution in [2.24, 2.45) is 0 Å². The monoisotopic (exact) mass is 445 g/mol. The lowest BCUT2D eigenvalue weighted by Crippen LogP contribution is -2.14. The first-order valence-electron chi connectivity index (χ1n) is 10.8. The SMILES string of the molecule is CCc1c(C=CC(O)CC(=O)CC(=O)O)c(-c2ccc(F)cc2)c2c3ccccc3ccn12. The fourth-order valence-corrected chi connectivity index (χ4v) is 4.30. The van der Waals surface area contributed by atoms with Crippen molar-refractivity contribution in [2.75, 3.05) is 0 Å². The summed E-state index contributed by atoms with van der Waals surface area (Å²) < 4.78 is 15.8. The van der Waals surface area contributed by atoms with Crippen LogP contribution in [0.1, 0.15) is 31.0 Å². The Hall–Kier alpha value is -3.77. The number of pyridine rings is 1. The van der Waals surface area contributed by atoms with Crippen LogP contribution in [0.2, 0.25) is 0 Å². The minimum absolute atomic E-state index is 0.271. The summed E-state index contributed by atoms with van der Waals surface area (Å²) in [6.07, 6.45) is 4.01. The van der Waals surface area contributed by atoms with Gasteiger partial charge in [-0.25, -0.2) is 4.39 Å². The van der Waals surface area contributed by atoms with Crippen LogP contribution in [0.4, 0.5) is 4.39 Å². The summed E-state index contributed by atoms with van der Waals surface area (Å²) in [6.45, 7) is 2.04. The van der Waals surface area contributed by atoms with Gasteiger partial charge in [-0.1, -0.05) is 55.5 Å². The van der Waals surface area contributed by atoms with Crippen molar-refractivity contribution in [2.45, 2.75) is 32.3 Å². The van der Waals surface area contributed by atoms with E-state index in [-0.39, 0.29) is 12.2 Å². The number of rotatable bonds is 8. The highest BCUT2D eigenvalue weighted by Crippen LogP contribution is 2.38. The molecule has 1 atom stereocenters. The topological polar surface area (TPSA) is 79.0 Å². The number of nitrogens with zero attached hydrogens (tertiary/aromatic N) is 1. The van der Waals surface area contributed by atoms with Crippen molar-refractivity contribution in [1.82, 2.24) is 4.40 Å². The van der Waals surface area contributed by atoms with E-state index in [1.54, 1.807) is 18.2 Å². The Kier molecular flexibility index (Phi) is 6.38. The number of Topliss-reactive ketones (excluding diaryl/α,β-unsaturated/α-hetero) is 1. The van der Waals surface area contributed by atoms with Crippen LogP contribution >= 0.6 is 0 Å². The standard InChI is InChI=1S/C27H24FNO4/c1-2-24-23(12-11-20(30)15-21(31)16-25(32)33)26(18-7-9-19(28)10-8-18)27-22-6-4-3-5-17(22)13-14-29(24)27/h3-14,20,30H,2,15-16H2,1H3,(H,32,33). The highest BCUT2D eigenvalue weighted by Gasteiger charge is 2.20. The number of aromatic nitrogens is 1. The Bertz CT molecular complexity index is 1370. The zero-order chi connectivity index (χ0) is 23.5. The number of carboxylic acids is 1. The van der Waals surface area contributed by atoms with Crippen LogP contribution in [0.5, 0.6) is 0 Å². The summed E-state index contributed by atoms with van der Waals surface area (Å²) >= 11 is 0. The number of carbonyl (C=O) groups excluding carboxylic acids is 1. The molecule has 33 heavy (non-hydrogen) atoms. The lowest BCUT2D eigenvalue weighted by Gasteiger charge is -2.07. The van der Waals surface area contributed by atoms with E-state index < -0.39 is 24.3 Å². The number of benzene rings is 2. The summed E-state index contributed by atoms with van der Waals surface area (Å²) in [7, 11) is 0. The minimum Gasteiger partial charge on any atom is -0.481 e. The summed E-state index contributed by atoms with van der Waals surface area (Å²) in [4.78, 5) is 22.5. The number of carbonyl (C=O) groups is 2. The number of fused-ring (bicyclic) bond motifs is 3. The lowest BCUT2D eigenvalue weighted by molar-refractivity contribution is -0.140. The maximum atomic E-state index is 13.7. The molecule has 0 amide bonds. The molecule has 5 nitrogen and oxygen atoms in total. The second-order valence-electron chi connectivity index (χ2n) is 7.96. The quantitative estimate of drug-likeness (QED) is 0.362. The van der Waals surface area contributed by atoms with Crippen molar-refractivity contribution in [3.63, 3.8) is 0 Å². The van der Waals surface area contributed by atoms with Crippen molar-refractivity contribution >= 4 is 34.1 Å². The van der Waals surface area contributed by atoms with Gasteiger partial charge in [-0.3, -0.25) is 9.59 Å². The van der Waals surface area contributed by atoms with Gasteiger partial charge in [0.05, 0.1) is 11.6 Å². The normalized spacial score (nSPS) is 12.6. The van der Waals surface area contributed by atoms with E-state index in [0.29, 0.717) is 6.42 Å².